The predicted molar refractivity (Wildman–Crippen MR) is 79.8 cm³/mol. The average molecular weight is 284 g/mol. The van der Waals surface area contributed by atoms with E-state index in [0.29, 0.717) is 17.3 Å². The molecule has 3 nitrogen and oxygen atoms in total. The molecular formula is C14H21FN2OS. The summed E-state index contributed by atoms with van der Waals surface area (Å²) < 4.78 is 18.5. The van der Waals surface area contributed by atoms with Crippen molar-refractivity contribution in [2.45, 2.75) is 32.9 Å². The Labute approximate surface area is 119 Å². The van der Waals surface area contributed by atoms with E-state index in [1.54, 1.807) is 20.1 Å². The summed E-state index contributed by atoms with van der Waals surface area (Å²) in [5.41, 5.74) is 1.51. The number of ether oxygens (including phenoxy) is 1. The van der Waals surface area contributed by atoms with Crippen molar-refractivity contribution < 1.29 is 9.13 Å². The Morgan fingerprint density at radius 3 is 2.63 bits per heavy atom. The van der Waals surface area contributed by atoms with E-state index < -0.39 is 0 Å². The largest absolute Gasteiger partial charge is 0.383 e. The first-order valence-corrected chi connectivity index (χ1v) is 6.67. The van der Waals surface area contributed by atoms with Crippen molar-refractivity contribution in [1.82, 2.24) is 10.6 Å². The van der Waals surface area contributed by atoms with Gasteiger partial charge in [-0.15, -0.1) is 0 Å². The molecule has 0 amide bonds. The molecule has 1 aromatic carbocycles. The summed E-state index contributed by atoms with van der Waals surface area (Å²) >= 11 is 5.21. The lowest BCUT2D eigenvalue weighted by atomic mass is 10.1. The van der Waals surface area contributed by atoms with Gasteiger partial charge in [0.15, 0.2) is 5.11 Å². The number of nitrogens with one attached hydrogen (secondary N) is 2. The highest BCUT2D eigenvalue weighted by atomic mass is 32.1. The number of halogens is 1. The van der Waals surface area contributed by atoms with Gasteiger partial charge in [-0.3, -0.25) is 0 Å². The number of hydrogen-bond acceptors (Lipinski definition) is 2. The Morgan fingerprint density at radius 2 is 2.05 bits per heavy atom. The summed E-state index contributed by atoms with van der Waals surface area (Å²) in [4.78, 5) is 0. The van der Waals surface area contributed by atoms with E-state index in [1.165, 1.54) is 6.07 Å². The normalized spacial score (nSPS) is 13.7. The van der Waals surface area contributed by atoms with Crippen molar-refractivity contribution in [2.24, 2.45) is 0 Å². The molecule has 0 radical (unpaired) electrons. The fraction of sp³-hybridized carbons (Fsp3) is 0.500. The van der Waals surface area contributed by atoms with Gasteiger partial charge in [0, 0.05) is 13.2 Å². The standard InChI is InChI=1S/C14H21FN2OS/c1-9-5-6-12(7-13(9)15)11(3)17-14(19)16-10(2)8-18-4/h5-7,10-11H,8H2,1-4H3,(H2,16,17,19). The molecule has 0 aromatic heterocycles. The minimum Gasteiger partial charge on any atom is -0.383 e. The average Bonchev–Trinajstić information content (AvgIpc) is 2.32. The first-order chi connectivity index (χ1) is 8.93. The molecule has 0 bridgehead atoms. The zero-order chi connectivity index (χ0) is 14.4. The first kappa shape index (κ1) is 15.9. The molecule has 1 aromatic rings. The van der Waals surface area contributed by atoms with Gasteiger partial charge in [-0.2, -0.15) is 0 Å². The van der Waals surface area contributed by atoms with Crippen LogP contribution >= 0.6 is 12.2 Å². The fourth-order valence-electron chi connectivity index (χ4n) is 1.72. The Morgan fingerprint density at radius 1 is 1.37 bits per heavy atom. The second-order valence-corrected chi connectivity index (χ2v) is 5.11. The molecule has 106 valence electrons. The zero-order valence-corrected chi connectivity index (χ0v) is 12.6. The van der Waals surface area contributed by atoms with Crippen LogP contribution in [0.3, 0.4) is 0 Å². The van der Waals surface area contributed by atoms with Gasteiger partial charge in [-0.25, -0.2) is 4.39 Å². The molecule has 0 spiro atoms. The van der Waals surface area contributed by atoms with Gasteiger partial charge in [0.1, 0.15) is 5.82 Å². The third-order valence-electron chi connectivity index (χ3n) is 2.84. The maximum Gasteiger partial charge on any atom is 0.167 e. The van der Waals surface area contributed by atoms with Crippen molar-refractivity contribution in [2.75, 3.05) is 13.7 Å². The van der Waals surface area contributed by atoms with Crippen LogP contribution in [0.2, 0.25) is 0 Å². The summed E-state index contributed by atoms with van der Waals surface area (Å²) in [7, 11) is 1.65. The topological polar surface area (TPSA) is 33.3 Å². The molecule has 0 aliphatic heterocycles. The van der Waals surface area contributed by atoms with Gasteiger partial charge in [0.2, 0.25) is 0 Å². The molecule has 19 heavy (non-hydrogen) atoms. The van der Waals surface area contributed by atoms with Crippen LogP contribution in [0.25, 0.3) is 0 Å². The van der Waals surface area contributed by atoms with Crippen LogP contribution in [-0.2, 0) is 4.74 Å². The van der Waals surface area contributed by atoms with Crippen LogP contribution in [0.5, 0.6) is 0 Å². The molecule has 0 heterocycles. The lowest BCUT2D eigenvalue weighted by Gasteiger charge is -2.20. The summed E-state index contributed by atoms with van der Waals surface area (Å²) in [6.45, 7) is 6.25. The van der Waals surface area contributed by atoms with E-state index in [1.807, 2.05) is 19.9 Å². The third kappa shape index (κ3) is 5.12. The van der Waals surface area contributed by atoms with Crippen LogP contribution in [0.15, 0.2) is 18.2 Å². The summed E-state index contributed by atoms with van der Waals surface area (Å²) in [6, 6.07) is 5.29. The van der Waals surface area contributed by atoms with E-state index in [4.69, 9.17) is 17.0 Å². The fourth-order valence-corrected chi connectivity index (χ4v) is 2.09. The SMILES string of the molecule is COCC(C)NC(=S)NC(C)c1ccc(C)c(F)c1. The predicted octanol–water partition coefficient (Wildman–Crippen LogP) is 2.69. The van der Waals surface area contributed by atoms with Gasteiger partial charge >= 0.3 is 0 Å². The number of aryl methyl sites for hydroxylation is 1. The van der Waals surface area contributed by atoms with Crippen molar-refractivity contribution >= 4 is 17.3 Å². The van der Waals surface area contributed by atoms with Crippen LogP contribution in [0.1, 0.15) is 31.0 Å². The Bertz CT molecular complexity index is 439. The van der Waals surface area contributed by atoms with Gasteiger partial charge in [0.25, 0.3) is 0 Å². The van der Waals surface area contributed by atoms with Crippen LogP contribution < -0.4 is 10.6 Å². The molecular weight excluding hydrogens is 263 g/mol. The van der Waals surface area contributed by atoms with Crippen LogP contribution in [0.4, 0.5) is 4.39 Å². The molecule has 1 rings (SSSR count). The highest BCUT2D eigenvalue weighted by Crippen LogP contribution is 2.16. The first-order valence-electron chi connectivity index (χ1n) is 6.26. The number of methoxy groups -OCH3 is 1. The third-order valence-corrected chi connectivity index (χ3v) is 3.07. The number of thiocarbonyl (C=S) groups is 1. The zero-order valence-electron chi connectivity index (χ0n) is 11.8. The number of rotatable bonds is 5. The molecule has 0 saturated carbocycles. The summed E-state index contributed by atoms with van der Waals surface area (Å²) in [6.07, 6.45) is 0. The van der Waals surface area contributed by atoms with Gasteiger partial charge in [-0.1, -0.05) is 12.1 Å². The Balaban J connectivity index is 2.56. The van der Waals surface area contributed by atoms with Gasteiger partial charge in [-0.05, 0) is 50.2 Å². The van der Waals surface area contributed by atoms with Gasteiger partial charge < -0.3 is 15.4 Å². The Kier molecular flexibility index (Phi) is 6.18. The lowest BCUT2D eigenvalue weighted by Crippen LogP contribution is -2.43. The molecule has 2 atom stereocenters. The minimum atomic E-state index is -0.197. The molecule has 2 unspecified atom stereocenters. The quantitative estimate of drug-likeness (QED) is 0.815. The molecule has 5 heteroatoms. The monoisotopic (exact) mass is 284 g/mol. The molecule has 0 aliphatic rings. The smallest absolute Gasteiger partial charge is 0.167 e. The second kappa shape index (κ2) is 7.40. The molecule has 0 aliphatic carbocycles. The summed E-state index contributed by atoms with van der Waals surface area (Å²) in [5, 5.41) is 6.78. The highest BCUT2D eigenvalue weighted by Gasteiger charge is 2.10. The maximum atomic E-state index is 13.5. The molecule has 2 N–H and O–H groups in total. The minimum absolute atomic E-state index is 0.0511. The van der Waals surface area contributed by atoms with E-state index >= 15 is 0 Å². The van der Waals surface area contributed by atoms with E-state index in [0.717, 1.165) is 5.56 Å². The number of benzene rings is 1. The van der Waals surface area contributed by atoms with Crippen molar-refractivity contribution in [3.63, 3.8) is 0 Å². The highest BCUT2D eigenvalue weighted by molar-refractivity contribution is 7.80. The summed E-state index contributed by atoms with van der Waals surface area (Å²) in [5.74, 6) is -0.197. The van der Waals surface area contributed by atoms with Crippen molar-refractivity contribution in [1.29, 1.82) is 0 Å². The van der Waals surface area contributed by atoms with E-state index in [2.05, 4.69) is 10.6 Å². The Hall–Kier alpha value is -1.20. The van der Waals surface area contributed by atoms with E-state index in [-0.39, 0.29) is 17.9 Å². The molecule has 0 fully saturated rings. The van der Waals surface area contributed by atoms with Crippen molar-refractivity contribution in [3.8, 4) is 0 Å². The van der Waals surface area contributed by atoms with Crippen LogP contribution in [-0.4, -0.2) is 24.9 Å². The van der Waals surface area contributed by atoms with Crippen molar-refractivity contribution in [3.05, 3.63) is 35.1 Å². The number of hydrogen-bond donors (Lipinski definition) is 2. The van der Waals surface area contributed by atoms with E-state index in [9.17, 15) is 4.39 Å². The second-order valence-electron chi connectivity index (χ2n) is 4.70. The van der Waals surface area contributed by atoms with Gasteiger partial charge in [0.05, 0.1) is 12.6 Å². The lowest BCUT2D eigenvalue weighted by molar-refractivity contribution is 0.179. The molecule has 0 saturated heterocycles. The maximum absolute atomic E-state index is 13.5. The van der Waals surface area contributed by atoms with Crippen LogP contribution in [0, 0.1) is 12.7 Å².